The number of hydrogen-bond donors (Lipinski definition) is 0. The van der Waals surface area contributed by atoms with Crippen LogP contribution in [0.25, 0.3) is 11.3 Å². The summed E-state index contributed by atoms with van der Waals surface area (Å²) < 4.78 is 0. The second-order valence-electron chi connectivity index (χ2n) is 7.19. The lowest BCUT2D eigenvalue weighted by Gasteiger charge is -2.32. The van der Waals surface area contributed by atoms with Gasteiger partial charge in [-0.2, -0.15) is 0 Å². The lowest BCUT2D eigenvalue weighted by molar-refractivity contribution is 0.311. The van der Waals surface area contributed by atoms with E-state index in [0.717, 1.165) is 49.1 Å². The molecule has 2 fully saturated rings. The Morgan fingerprint density at radius 2 is 1.80 bits per heavy atom. The highest BCUT2D eigenvalue weighted by molar-refractivity contribution is 5.62. The van der Waals surface area contributed by atoms with Gasteiger partial charge >= 0.3 is 0 Å². The first-order valence-corrected chi connectivity index (χ1v) is 9.38. The molecular weight excluding hydrogens is 312 g/mol. The highest BCUT2D eigenvalue weighted by Gasteiger charge is 2.22. The van der Waals surface area contributed by atoms with Crippen LogP contribution in [0.15, 0.2) is 24.8 Å². The summed E-state index contributed by atoms with van der Waals surface area (Å²) in [7, 11) is 2.16. The van der Waals surface area contributed by atoms with Crippen LogP contribution in [-0.2, 0) is 0 Å². The Balaban J connectivity index is 1.63. The second kappa shape index (κ2) is 7.44. The van der Waals surface area contributed by atoms with Crippen molar-refractivity contribution in [2.75, 3.05) is 38.1 Å². The van der Waals surface area contributed by atoms with Gasteiger partial charge in [-0.05, 0) is 26.0 Å². The molecule has 132 valence electrons. The van der Waals surface area contributed by atoms with Gasteiger partial charge in [0.2, 0.25) is 5.95 Å². The molecule has 4 rings (SSSR count). The van der Waals surface area contributed by atoms with Crippen molar-refractivity contribution in [3.8, 4) is 11.3 Å². The van der Waals surface area contributed by atoms with Gasteiger partial charge in [-0.1, -0.05) is 19.3 Å². The van der Waals surface area contributed by atoms with E-state index < -0.39 is 0 Å². The van der Waals surface area contributed by atoms with Gasteiger partial charge in [0, 0.05) is 50.1 Å². The minimum Gasteiger partial charge on any atom is -0.338 e. The normalized spacial score (nSPS) is 20.0. The zero-order valence-electron chi connectivity index (χ0n) is 14.9. The highest BCUT2D eigenvalue weighted by Crippen LogP contribution is 2.36. The van der Waals surface area contributed by atoms with Crippen LogP contribution in [0.3, 0.4) is 0 Å². The molecule has 1 saturated carbocycles. The van der Waals surface area contributed by atoms with E-state index >= 15 is 0 Å². The maximum Gasteiger partial charge on any atom is 0.225 e. The van der Waals surface area contributed by atoms with E-state index in [1.165, 1.54) is 32.1 Å². The molecule has 0 aromatic carbocycles. The van der Waals surface area contributed by atoms with Gasteiger partial charge in [-0.25, -0.2) is 19.9 Å². The molecule has 25 heavy (non-hydrogen) atoms. The molecule has 0 N–H and O–H groups in total. The zero-order valence-corrected chi connectivity index (χ0v) is 14.9. The standard InChI is InChI=1S/C19H26N6/c1-24-9-11-25(12-10-24)19-21-8-7-17(23-19)16-13-20-14-22-18(16)15-5-3-2-4-6-15/h7-8,13-15H,2-6,9-12H2,1H3. The summed E-state index contributed by atoms with van der Waals surface area (Å²) in [6.45, 7) is 4.05. The summed E-state index contributed by atoms with van der Waals surface area (Å²) in [5, 5.41) is 0. The van der Waals surface area contributed by atoms with E-state index in [9.17, 15) is 0 Å². The molecule has 2 aliphatic rings. The lowest BCUT2D eigenvalue weighted by Crippen LogP contribution is -2.45. The molecule has 0 atom stereocenters. The van der Waals surface area contributed by atoms with E-state index in [1.807, 2.05) is 18.5 Å². The van der Waals surface area contributed by atoms with Gasteiger partial charge in [0.15, 0.2) is 0 Å². The predicted molar refractivity (Wildman–Crippen MR) is 98.6 cm³/mol. The molecule has 2 aromatic rings. The molecule has 0 amide bonds. The molecule has 0 bridgehead atoms. The van der Waals surface area contributed by atoms with E-state index in [0.29, 0.717) is 5.92 Å². The molecule has 1 aliphatic carbocycles. The minimum atomic E-state index is 0.536. The first kappa shape index (κ1) is 16.4. The number of likely N-dealkylation sites (N-methyl/N-ethyl adjacent to an activating group) is 1. The SMILES string of the molecule is CN1CCN(c2nccc(-c3cncnc3C3CCCCC3)n2)CC1. The maximum absolute atomic E-state index is 4.86. The van der Waals surface area contributed by atoms with Gasteiger partial charge in [0.05, 0.1) is 11.4 Å². The molecule has 6 heteroatoms. The summed E-state index contributed by atoms with van der Waals surface area (Å²) in [5.41, 5.74) is 3.19. The van der Waals surface area contributed by atoms with Crippen molar-refractivity contribution in [2.24, 2.45) is 0 Å². The van der Waals surface area contributed by atoms with Crippen LogP contribution in [0.2, 0.25) is 0 Å². The summed E-state index contributed by atoms with van der Waals surface area (Å²) in [6, 6.07) is 1.99. The van der Waals surface area contributed by atoms with Crippen molar-refractivity contribution in [3.05, 3.63) is 30.5 Å². The monoisotopic (exact) mass is 338 g/mol. The van der Waals surface area contributed by atoms with Crippen molar-refractivity contribution in [2.45, 2.75) is 38.0 Å². The third kappa shape index (κ3) is 3.63. The van der Waals surface area contributed by atoms with Gasteiger partial charge in [0.1, 0.15) is 6.33 Å². The van der Waals surface area contributed by atoms with Crippen LogP contribution in [0.1, 0.15) is 43.7 Å². The minimum absolute atomic E-state index is 0.536. The Hall–Kier alpha value is -2.08. The first-order valence-electron chi connectivity index (χ1n) is 9.38. The van der Waals surface area contributed by atoms with Crippen molar-refractivity contribution in [1.29, 1.82) is 0 Å². The predicted octanol–water partition coefficient (Wildman–Crippen LogP) is 2.73. The molecule has 1 saturated heterocycles. The quantitative estimate of drug-likeness (QED) is 0.858. The van der Waals surface area contributed by atoms with Crippen LogP contribution >= 0.6 is 0 Å². The molecular formula is C19H26N6. The molecule has 2 aromatic heterocycles. The van der Waals surface area contributed by atoms with Crippen LogP contribution in [0.5, 0.6) is 0 Å². The average Bonchev–Trinajstić information content (AvgIpc) is 2.69. The number of piperazine rings is 1. The Labute approximate surface area is 149 Å². The molecule has 0 radical (unpaired) electrons. The average molecular weight is 338 g/mol. The van der Waals surface area contributed by atoms with E-state index in [-0.39, 0.29) is 0 Å². The van der Waals surface area contributed by atoms with Gasteiger partial charge in [-0.3, -0.25) is 0 Å². The van der Waals surface area contributed by atoms with Crippen LogP contribution in [0, 0.1) is 0 Å². The van der Waals surface area contributed by atoms with Crippen LogP contribution < -0.4 is 4.90 Å². The topological polar surface area (TPSA) is 58.0 Å². The van der Waals surface area contributed by atoms with Crippen LogP contribution in [0.4, 0.5) is 5.95 Å². The van der Waals surface area contributed by atoms with Gasteiger partial charge < -0.3 is 9.80 Å². The molecule has 1 aliphatic heterocycles. The number of aromatic nitrogens is 4. The third-order valence-corrected chi connectivity index (χ3v) is 5.44. The largest absolute Gasteiger partial charge is 0.338 e. The second-order valence-corrected chi connectivity index (χ2v) is 7.19. The smallest absolute Gasteiger partial charge is 0.225 e. The fourth-order valence-electron chi connectivity index (χ4n) is 3.90. The summed E-state index contributed by atoms with van der Waals surface area (Å²) in [6.07, 6.45) is 11.9. The summed E-state index contributed by atoms with van der Waals surface area (Å²) in [5.74, 6) is 1.36. The van der Waals surface area contributed by atoms with Gasteiger partial charge in [-0.15, -0.1) is 0 Å². The Morgan fingerprint density at radius 3 is 2.60 bits per heavy atom. The number of anilines is 1. The fraction of sp³-hybridized carbons (Fsp3) is 0.579. The van der Waals surface area contributed by atoms with Crippen molar-refractivity contribution in [1.82, 2.24) is 24.8 Å². The summed E-state index contributed by atoms with van der Waals surface area (Å²) in [4.78, 5) is 22.9. The molecule has 0 spiro atoms. The molecule has 0 unspecified atom stereocenters. The highest BCUT2D eigenvalue weighted by atomic mass is 15.3. The van der Waals surface area contributed by atoms with E-state index in [1.54, 1.807) is 6.33 Å². The lowest BCUT2D eigenvalue weighted by atomic mass is 9.85. The molecule has 3 heterocycles. The van der Waals surface area contributed by atoms with Crippen LogP contribution in [-0.4, -0.2) is 58.1 Å². The van der Waals surface area contributed by atoms with E-state index in [4.69, 9.17) is 4.98 Å². The maximum atomic E-state index is 4.86. The number of nitrogens with zero attached hydrogens (tertiary/aromatic N) is 6. The van der Waals surface area contributed by atoms with Crippen molar-refractivity contribution in [3.63, 3.8) is 0 Å². The Bertz CT molecular complexity index is 705. The van der Waals surface area contributed by atoms with E-state index in [2.05, 4.69) is 31.8 Å². The zero-order chi connectivity index (χ0) is 17.1. The number of hydrogen-bond acceptors (Lipinski definition) is 6. The Morgan fingerprint density at radius 1 is 1.00 bits per heavy atom. The third-order valence-electron chi connectivity index (χ3n) is 5.44. The van der Waals surface area contributed by atoms with Gasteiger partial charge in [0.25, 0.3) is 0 Å². The number of rotatable bonds is 3. The van der Waals surface area contributed by atoms with Crippen molar-refractivity contribution < 1.29 is 0 Å². The molecule has 6 nitrogen and oxygen atoms in total. The Kier molecular flexibility index (Phi) is 4.88. The summed E-state index contributed by atoms with van der Waals surface area (Å²) >= 11 is 0. The fourth-order valence-corrected chi connectivity index (χ4v) is 3.90. The first-order chi connectivity index (χ1) is 12.3. The van der Waals surface area contributed by atoms with Crippen molar-refractivity contribution >= 4 is 5.95 Å².